The Hall–Kier alpha value is -2.13. The van der Waals surface area contributed by atoms with Crippen molar-refractivity contribution < 1.29 is 23.8 Å². The number of aromatic hydroxyl groups is 1. The lowest BCUT2D eigenvalue weighted by atomic mass is 9.87. The van der Waals surface area contributed by atoms with Gasteiger partial charge in [0.1, 0.15) is 11.7 Å². The van der Waals surface area contributed by atoms with E-state index in [4.69, 9.17) is 16.3 Å². The molecule has 1 aromatic rings. The molecule has 2 saturated carbocycles. The zero-order valence-corrected chi connectivity index (χ0v) is 18.4. The molecule has 2 aliphatic heterocycles. The Kier molecular flexibility index (Phi) is 5.44. The maximum Gasteiger partial charge on any atom is 0.276 e. The minimum atomic E-state index is -1.23. The molecule has 1 aromatic heterocycles. The van der Waals surface area contributed by atoms with E-state index >= 15 is 0 Å². The fraction of sp³-hybridized carbons (Fsp3) is 0.682. The first kappa shape index (κ1) is 21.7. The van der Waals surface area contributed by atoms with Crippen molar-refractivity contribution in [3.05, 3.63) is 27.7 Å². The number of nitrogens with zero attached hydrogens (tertiary/aromatic N) is 2. The summed E-state index contributed by atoms with van der Waals surface area (Å²) < 4.78 is 21.9. The molecule has 2 N–H and O–H groups in total. The summed E-state index contributed by atoms with van der Waals surface area (Å²) in [6.45, 7) is 1.07. The highest BCUT2D eigenvalue weighted by molar-refractivity contribution is 6.21. The van der Waals surface area contributed by atoms with Crippen molar-refractivity contribution >= 4 is 23.4 Å². The Morgan fingerprint density at radius 2 is 2.06 bits per heavy atom. The lowest BCUT2D eigenvalue weighted by Crippen LogP contribution is -2.56. The van der Waals surface area contributed by atoms with Gasteiger partial charge in [-0.1, -0.05) is 6.42 Å². The van der Waals surface area contributed by atoms with Gasteiger partial charge in [0.05, 0.1) is 10.9 Å². The zero-order valence-electron chi connectivity index (χ0n) is 17.7. The largest absolute Gasteiger partial charge is 0.503 e. The summed E-state index contributed by atoms with van der Waals surface area (Å²) in [5.41, 5.74) is -1.84. The van der Waals surface area contributed by atoms with Crippen LogP contribution in [0.25, 0.3) is 0 Å². The monoisotopic (exact) mass is 467 g/mol. The SMILES string of the molecule is O=C(NCC1CCCC(Cl)C1F)c1cn2c(c(O)c1=O)C(=O)N1CCCCOC1C21CC1. The van der Waals surface area contributed by atoms with Crippen LogP contribution in [-0.2, 0) is 10.3 Å². The predicted molar refractivity (Wildman–Crippen MR) is 114 cm³/mol. The van der Waals surface area contributed by atoms with Gasteiger partial charge in [-0.15, -0.1) is 11.6 Å². The van der Waals surface area contributed by atoms with Crippen molar-refractivity contribution in [2.24, 2.45) is 5.92 Å². The van der Waals surface area contributed by atoms with E-state index in [0.29, 0.717) is 38.8 Å². The number of carbonyl (C=O) groups is 2. The summed E-state index contributed by atoms with van der Waals surface area (Å²) in [4.78, 5) is 40.4. The minimum absolute atomic E-state index is 0.0504. The highest BCUT2D eigenvalue weighted by Crippen LogP contribution is 2.53. The molecule has 32 heavy (non-hydrogen) atoms. The van der Waals surface area contributed by atoms with Crippen molar-refractivity contribution in [3.8, 4) is 5.75 Å². The topological polar surface area (TPSA) is 101 Å². The fourth-order valence-corrected chi connectivity index (χ4v) is 5.71. The summed E-state index contributed by atoms with van der Waals surface area (Å²) in [6, 6.07) is 0. The van der Waals surface area contributed by atoms with E-state index in [2.05, 4.69) is 5.32 Å². The summed E-state index contributed by atoms with van der Waals surface area (Å²) >= 11 is 6.02. The quantitative estimate of drug-likeness (QED) is 0.663. The Labute approximate surface area is 189 Å². The lowest BCUT2D eigenvalue weighted by molar-refractivity contribution is -0.0802. The molecule has 0 aromatic carbocycles. The highest BCUT2D eigenvalue weighted by atomic mass is 35.5. The average Bonchev–Trinajstić information content (AvgIpc) is 3.59. The lowest BCUT2D eigenvalue weighted by Gasteiger charge is -2.42. The molecule has 8 nitrogen and oxygen atoms in total. The molecule has 10 heteroatoms. The molecule has 4 aliphatic rings. The van der Waals surface area contributed by atoms with E-state index in [1.165, 1.54) is 6.20 Å². The van der Waals surface area contributed by atoms with Crippen LogP contribution >= 0.6 is 11.6 Å². The van der Waals surface area contributed by atoms with Crippen molar-refractivity contribution in [1.82, 2.24) is 14.8 Å². The first-order chi connectivity index (χ1) is 15.3. The van der Waals surface area contributed by atoms with Crippen LogP contribution in [0.2, 0.25) is 0 Å². The van der Waals surface area contributed by atoms with Crippen molar-refractivity contribution in [1.29, 1.82) is 0 Å². The Morgan fingerprint density at radius 1 is 1.28 bits per heavy atom. The maximum atomic E-state index is 14.4. The Balaban J connectivity index is 1.46. The van der Waals surface area contributed by atoms with Gasteiger partial charge in [0.25, 0.3) is 11.8 Å². The predicted octanol–water partition coefficient (Wildman–Crippen LogP) is 2.11. The number of hydrogen-bond acceptors (Lipinski definition) is 5. The third-order valence-corrected chi connectivity index (χ3v) is 7.78. The van der Waals surface area contributed by atoms with E-state index in [1.807, 2.05) is 0 Å². The second-order valence-electron chi connectivity index (χ2n) is 9.33. The van der Waals surface area contributed by atoms with E-state index in [9.17, 15) is 23.9 Å². The molecule has 174 valence electrons. The smallest absolute Gasteiger partial charge is 0.276 e. The molecule has 3 heterocycles. The molecule has 1 spiro atoms. The number of aromatic nitrogens is 1. The fourth-order valence-electron chi connectivity index (χ4n) is 5.35. The first-order valence-electron chi connectivity index (χ1n) is 11.3. The number of alkyl halides is 2. The second kappa shape index (κ2) is 8.02. The van der Waals surface area contributed by atoms with Gasteiger partial charge in [-0.05, 0) is 38.5 Å². The van der Waals surface area contributed by atoms with Crippen LogP contribution in [0.5, 0.6) is 5.75 Å². The number of amides is 2. The summed E-state index contributed by atoms with van der Waals surface area (Å²) in [7, 11) is 0. The van der Waals surface area contributed by atoms with Gasteiger partial charge in [0.2, 0.25) is 5.43 Å². The molecule has 4 unspecified atom stereocenters. The number of pyridine rings is 1. The molecule has 0 bridgehead atoms. The molecular formula is C22H27ClFN3O5. The van der Waals surface area contributed by atoms with E-state index in [1.54, 1.807) is 9.47 Å². The molecule has 3 fully saturated rings. The summed E-state index contributed by atoms with van der Waals surface area (Å²) in [5, 5.41) is 12.7. The van der Waals surface area contributed by atoms with Gasteiger partial charge >= 0.3 is 0 Å². The van der Waals surface area contributed by atoms with Crippen molar-refractivity contribution in [3.63, 3.8) is 0 Å². The molecule has 2 amide bonds. The minimum Gasteiger partial charge on any atom is -0.503 e. The summed E-state index contributed by atoms with van der Waals surface area (Å²) in [6.07, 6.45) is 4.65. The van der Waals surface area contributed by atoms with Crippen LogP contribution in [0.15, 0.2) is 11.0 Å². The van der Waals surface area contributed by atoms with Gasteiger partial charge in [0, 0.05) is 31.8 Å². The maximum absolute atomic E-state index is 14.4. The van der Waals surface area contributed by atoms with Gasteiger partial charge < -0.3 is 24.6 Å². The van der Waals surface area contributed by atoms with Gasteiger partial charge in [0.15, 0.2) is 17.7 Å². The number of nitrogens with one attached hydrogen (secondary N) is 1. The molecule has 4 atom stereocenters. The number of hydrogen-bond donors (Lipinski definition) is 2. The Bertz CT molecular complexity index is 1010. The van der Waals surface area contributed by atoms with Crippen LogP contribution in [0, 0.1) is 5.92 Å². The van der Waals surface area contributed by atoms with Crippen LogP contribution in [0.4, 0.5) is 4.39 Å². The number of rotatable bonds is 3. The second-order valence-corrected chi connectivity index (χ2v) is 9.89. The van der Waals surface area contributed by atoms with Crippen LogP contribution in [-0.4, -0.2) is 63.9 Å². The van der Waals surface area contributed by atoms with Gasteiger partial charge in [-0.2, -0.15) is 0 Å². The standard InChI is InChI=1S/C22H27ClFN3O5/c23-14-5-3-4-12(15(14)24)10-25-19(30)13-11-27-16(18(29)17(13)28)20(31)26-8-1-2-9-32-21(26)22(27)6-7-22/h11-12,14-15,21,29H,1-10H2,(H,25,30). The highest BCUT2D eigenvalue weighted by Gasteiger charge is 2.60. The Morgan fingerprint density at radius 3 is 2.81 bits per heavy atom. The van der Waals surface area contributed by atoms with Gasteiger partial charge in [-0.3, -0.25) is 14.4 Å². The molecule has 2 aliphatic carbocycles. The normalized spacial score (nSPS) is 30.9. The van der Waals surface area contributed by atoms with Crippen LogP contribution in [0.1, 0.15) is 65.8 Å². The van der Waals surface area contributed by atoms with E-state index < -0.39 is 52.2 Å². The van der Waals surface area contributed by atoms with E-state index in [0.717, 1.165) is 19.3 Å². The third kappa shape index (κ3) is 3.32. The van der Waals surface area contributed by atoms with Crippen LogP contribution < -0.4 is 10.7 Å². The molecule has 1 saturated heterocycles. The molecule has 5 rings (SSSR count). The number of carbonyl (C=O) groups excluding carboxylic acids is 2. The number of ether oxygens (including phenoxy) is 1. The van der Waals surface area contributed by atoms with Gasteiger partial charge in [-0.25, -0.2) is 4.39 Å². The zero-order chi connectivity index (χ0) is 22.6. The van der Waals surface area contributed by atoms with Crippen molar-refractivity contribution in [2.45, 2.75) is 68.3 Å². The molecule has 0 radical (unpaired) electrons. The number of halogens is 2. The molecular weight excluding hydrogens is 441 g/mol. The summed E-state index contributed by atoms with van der Waals surface area (Å²) in [5.74, 6) is -2.31. The van der Waals surface area contributed by atoms with Crippen LogP contribution in [0.3, 0.4) is 0 Å². The van der Waals surface area contributed by atoms with Crippen molar-refractivity contribution in [2.75, 3.05) is 19.7 Å². The van der Waals surface area contributed by atoms with E-state index in [-0.39, 0.29) is 17.8 Å². The average molecular weight is 468 g/mol. The number of fused-ring (bicyclic) bond motifs is 4. The third-order valence-electron chi connectivity index (χ3n) is 7.32. The first-order valence-corrected chi connectivity index (χ1v) is 11.8.